The maximum atomic E-state index is 14.5. The molecule has 1 rings (SSSR count). The average molecular weight is 308 g/mol. The molecule has 2 atom stereocenters. The first kappa shape index (κ1) is 20.6. The van der Waals surface area contributed by atoms with Crippen molar-refractivity contribution in [2.45, 2.75) is 66.2 Å². The summed E-state index contributed by atoms with van der Waals surface area (Å²) in [6.07, 6.45) is 3.82. The van der Waals surface area contributed by atoms with Crippen molar-refractivity contribution in [1.29, 1.82) is 0 Å². The summed E-state index contributed by atoms with van der Waals surface area (Å²) in [5.74, 6) is 0. The maximum absolute atomic E-state index is 14.5. The lowest BCUT2D eigenvalue weighted by atomic mass is 9.90. The smallest absolute Gasteiger partial charge is 0.133 e. The monoisotopic (exact) mass is 308 g/mol. The lowest BCUT2D eigenvalue weighted by Gasteiger charge is -2.21. The number of rotatable bonds is 6. The molecule has 1 aromatic carbocycles. The zero-order valence-electron chi connectivity index (χ0n) is 14.8. The molecular formula is C20H30F2. The van der Waals surface area contributed by atoms with Gasteiger partial charge >= 0.3 is 0 Å². The molecule has 1 aromatic rings. The van der Waals surface area contributed by atoms with Gasteiger partial charge in [0.25, 0.3) is 0 Å². The van der Waals surface area contributed by atoms with E-state index in [4.69, 9.17) is 0 Å². The van der Waals surface area contributed by atoms with E-state index >= 15 is 0 Å². The van der Waals surface area contributed by atoms with Crippen LogP contribution in [-0.2, 0) is 12.1 Å². The second kappa shape index (κ2) is 9.55. The molecule has 0 aromatic heterocycles. The van der Waals surface area contributed by atoms with Crippen LogP contribution in [0.1, 0.15) is 70.8 Å². The van der Waals surface area contributed by atoms with Crippen LogP contribution >= 0.6 is 0 Å². The minimum absolute atomic E-state index is 0.373. The van der Waals surface area contributed by atoms with Crippen LogP contribution in [0.15, 0.2) is 42.5 Å². The third-order valence-corrected chi connectivity index (χ3v) is 3.50. The van der Waals surface area contributed by atoms with Crippen LogP contribution in [-0.4, -0.2) is 0 Å². The Labute approximate surface area is 134 Å². The van der Waals surface area contributed by atoms with Crippen molar-refractivity contribution in [2.24, 2.45) is 0 Å². The fourth-order valence-electron chi connectivity index (χ4n) is 1.97. The van der Waals surface area contributed by atoms with Gasteiger partial charge in [-0.25, -0.2) is 8.78 Å². The zero-order chi connectivity index (χ0) is 17.3. The van der Waals surface area contributed by atoms with Crippen molar-refractivity contribution < 1.29 is 8.78 Å². The topological polar surface area (TPSA) is 0 Å². The Morgan fingerprint density at radius 3 is 2.36 bits per heavy atom. The van der Waals surface area contributed by atoms with Gasteiger partial charge in [0.15, 0.2) is 0 Å². The molecule has 0 nitrogen and oxygen atoms in total. The van der Waals surface area contributed by atoms with E-state index in [1.165, 1.54) is 6.92 Å². The Balaban J connectivity index is 0.00000211. The van der Waals surface area contributed by atoms with E-state index in [2.05, 4.69) is 6.58 Å². The van der Waals surface area contributed by atoms with Crippen molar-refractivity contribution in [3.63, 3.8) is 0 Å². The molecule has 0 N–H and O–H groups in total. The van der Waals surface area contributed by atoms with Crippen LogP contribution in [0.25, 0.3) is 0 Å². The largest absolute Gasteiger partial charge is 0.243 e. The van der Waals surface area contributed by atoms with Gasteiger partial charge in [-0.15, -0.1) is 0 Å². The number of alkyl halides is 2. The summed E-state index contributed by atoms with van der Waals surface area (Å²) < 4.78 is 28.1. The fourth-order valence-corrected chi connectivity index (χ4v) is 1.97. The molecule has 0 aliphatic carbocycles. The quantitative estimate of drug-likeness (QED) is 0.496. The first-order valence-corrected chi connectivity index (χ1v) is 8.05. The summed E-state index contributed by atoms with van der Waals surface area (Å²) in [5.41, 5.74) is 1.57. The first-order chi connectivity index (χ1) is 10.3. The lowest BCUT2D eigenvalue weighted by Crippen LogP contribution is -2.14. The van der Waals surface area contributed by atoms with E-state index in [1.807, 2.05) is 45.1 Å². The predicted molar refractivity (Wildman–Crippen MR) is 93.7 cm³/mol. The molecule has 0 saturated carbocycles. The Kier molecular flexibility index (Phi) is 8.93. The standard InChI is InChI=1S/C18H24F2.C2H6/c1-6-18(5,20)17-11-15(9-7-8-13(2)3)10-16(12-17)14(4)19;1-2/h7-8,10-12,14H,2,6,9H2,1,3-5H3;1-2H3/b8-7-;. The van der Waals surface area contributed by atoms with Gasteiger partial charge in [0.2, 0.25) is 0 Å². The molecule has 0 amide bonds. The van der Waals surface area contributed by atoms with E-state index in [0.717, 1.165) is 11.1 Å². The highest BCUT2D eigenvalue weighted by Gasteiger charge is 2.24. The molecule has 0 spiro atoms. The summed E-state index contributed by atoms with van der Waals surface area (Å²) in [5, 5.41) is 0. The SMILES string of the molecule is C=C(C)/C=C\Cc1cc(C(C)F)cc(C(C)(F)CC)c1.CC. The second-order valence-electron chi connectivity index (χ2n) is 5.58. The Hall–Kier alpha value is -1.44. The minimum Gasteiger partial charge on any atom is -0.243 e. The van der Waals surface area contributed by atoms with Crippen LogP contribution in [0.5, 0.6) is 0 Å². The molecule has 2 unspecified atom stereocenters. The second-order valence-corrected chi connectivity index (χ2v) is 5.58. The normalized spacial score (nSPS) is 14.9. The zero-order valence-corrected chi connectivity index (χ0v) is 14.8. The van der Waals surface area contributed by atoms with Crippen LogP contribution in [0.2, 0.25) is 0 Å². The van der Waals surface area contributed by atoms with E-state index in [-0.39, 0.29) is 0 Å². The number of allylic oxidation sites excluding steroid dienone is 3. The van der Waals surface area contributed by atoms with Gasteiger partial charge in [-0.05, 0) is 56.4 Å². The molecule has 0 saturated heterocycles. The molecule has 0 radical (unpaired) electrons. The van der Waals surface area contributed by atoms with E-state index in [9.17, 15) is 8.78 Å². The molecule has 0 aliphatic heterocycles. The third kappa shape index (κ3) is 6.55. The summed E-state index contributed by atoms with van der Waals surface area (Å²) in [6.45, 7) is 14.5. The third-order valence-electron chi connectivity index (χ3n) is 3.50. The Morgan fingerprint density at radius 2 is 1.91 bits per heavy atom. The van der Waals surface area contributed by atoms with Crippen molar-refractivity contribution in [2.75, 3.05) is 0 Å². The van der Waals surface area contributed by atoms with Gasteiger partial charge in [-0.1, -0.05) is 57.2 Å². The molecule has 0 fully saturated rings. The van der Waals surface area contributed by atoms with Crippen molar-refractivity contribution >= 4 is 0 Å². The molecule has 0 bridgehead atoms. The lowest BCUT2D eigenvalue weighted by molar-refractivity contribution is 0.185. The van der Waals surface area contributed by atoms with Gasteiger partial charge in [-0.2, -0.15) is 0 Å². The van der Waals surface area contributed by atoms with Crippen molar-refractivity contribution in [3.8, 4) is 0 Å². The molecule has 22 heavy (non-hydrogen) atoms. The highest BCUT2D eigenvalue weighted by Crippen LogP contribution is 2.32. The number of hydrogen-bond acceptors (Lipinski definition) is 0. The fraction of sp³-hybridized carbons (Fsp3) is 0.500. The summed E-state index contributed by atoms with van der Waals surface area (Å²) in [4.78, 5) is 0. The van der Waals surface area contributed by atoms with E-state index < -0.39 is 11.8 Å². The van der Waals surface area contributed by atoms with Gasteiger partial charge in [0, 0.05) is 0 Å². The van der Waals surface area contributed by atoms with E-state index in [1.54, 1.807) is 19.9 Å². The summed E-state index contributed by atoms with van der Waals surface area (Å²) in [6, 6.07) is 5.28. The molecular weight excluding hydrogens is 278 g/mol. The summed E-state index contributed by atoms with van der Waals surface area (Å²) in [7, 11) is 0. The highest BCUT2D eigenvalue weighted by atomic mass is 19.1. The number of halogens is 2. The van der Waals surface area contributed by atoms with Crippen LogP contribution in [0.4, 0.5) is 8.78 Å². The Morgan fingerprint density at radius 1 is 1.32 bits per heavy atom. The van der Waals surface area contributed by atoms with Gasteiger partial charge < -0.3 is 0 Å². The predicted octanol–water partition coefficient (Wildman–Crippen LogP) is 7.01. The van der Waals surface area contributed by atoms with E-state index in [0.29, 0.717) is 24.0 Å². The van der Waals surface area contributed by atoms with Gasteiger partial charge in [0.1, 0.15) is 11.8 Å². The number of hydrogen-bond donors (Lipinski definition) is 0. The van der Waals surface area contributed by atoms with Crippen molar-refractivity contribution in [3.05, 3.63) is 59.2 Å². The Bertz CT molecular complexity index is 496. The first-order valence-electron chi connectivity index (χ1n) is 8.05. The number of benzene rings is 1. The van der Waals surface area contributed by atoms with Gasteiger partial charge in [-0.3, -0.25) is 0 Å². The molecule has 0 heterocycles. The van der Waals surface area contributed by atoms with Crippen LogP contribution < -0.4 is 0 Å². The highest BCUT2D eigenvalue weighted by molar-refractivity contribution is 5.36. The molecule has 124 valence electrons. The van der Waals surface area contributed by atoms with Crippen LogP contribution in [0, 0.1) is 0 Å². The summed E-state index contributed by atoms with van der Waals surface area (Å²) >= 11 is 0. The van der Waals surface area contributed by atoms with Crippen LogP contribution in [0.3, 0.4) is 0 Å². The average Bonchev–Trinajstić information content (AvgIpc) is 2.48. The molecule has 0 aliphatic rings. The van der Waals surface area contributed by atoms with Gasteiger partial charge in [0.05, 0.1) is 0 Å². The molecule has 2 heteroatoms. The minimum atomic E-state index is -1.42. The maximum Gasteiger partial charge on any atom is 0.133 e. The van der Waals surface area contributed by atoms with Crippen molar-refractivity contribution in [1.82, 2.24) is 0 Å².